The van der Waals surface area contributed by atoms with Gasteiger partial charge < -0.3 is 10.1 Å². The fourth-order valence-electron chi connectivity index (χ4n) is 2.84. The number of aromatic nitrogens is 4. The quantitative estimate of drug-likeness (QED) is 0.440. The van der Waals surface area contributed by atoms with Gasteiger partial charge in [0, 0.05) is 18.5 Å². The summed E-state index contributed by atoms with van der Waals surface area (Å²) < 4.78 is 47.9. The number of amides is 1. The van der Waals surface area contributed by atoms with Crippen LogP contribution in [-0.2, 0) is 13.3 Å². The fraction of sp³-hybridized carbons (Fsp3) is 0.0952. The molecule has 32 heavy (non-hydrogen) atoms. The number of hydrogen-bond donors (Lipinski definition) is 1. The van der Waals surface area contributed by atoms with E-state index < -0.39 is 17.5 Å². The summed E-state index contributed by atoms with van der Waals surface area (Å²) in [6.45, 7) is 0.0676. The van der Waals surface area contributed by atoms with Gasteiger partial charge in [-0.05, 0) is 35.9 Å². The first-order valence-electron chi connectivity index (χ1n) is 9.27. The SMILES string of the molecule is O=C(Nc1nn(Cc2cccc(F)c2)cc1Cl)c1ccn(COc2ccc(F)cc2F)n1. The van der Waals surface area contributed by atoms with Gasteiger partial charge in [-0.1, -0.05) is 23.7 Å². The number of hydrogen-bond acceptors (Lipinski definition) is 4. The zero-order chi connectivity index (χ0) is 22.7. The molecule has 0 saturated heterocycles. The van der Waals surface area contributed by atoms with E-state index in [1.807, 2.05) is 0 Å². The topological polar surface area (TPSA) is 74.0 Å². The van der Waals surface area contributed by atoms with Crippen LogP contribution in [0.3, 0.4) is 0 Å². The highest BCUT2D eigenvalue weighted by molar-refractivity contribution is 6.33. The lowest BCUT2D eigenvalue weighted by Crippen LogP contribution is -2.15. The number of ether oxygens (including phenoxy) is 1. The Balaban J connectivity index is 1.38. The maximum Gasteiger partial charge on any atom is 0.277 e. The smallest absolute Gasteiger partial charge is 0.277 e. The number of nitrogens with one attached hydrogen (secondary N) is 1. The van der Waals surface area contributed by atoms with E-state index in [-0.39, 0.29) is 41.4 Å². The van der Waals surface area contributed by atoms with Crippen molar-refractivity contribution in [3.8, 4) is 5.75 Å². The van der Waals surface area contributed by atoms with Crippen molar-refractivity contribution in [3.05, 3.63) is 94.7 Å². The molecule has 1 amide bonds. The monoisotopic (exact) mass is 461 g/mol. The molecule has 0 spiro atoms. The van der Waals surface area contributed by atoms with Crippen molar-refractivity contribution in [2.24, 2.45) is 0 Å². The molecule has 1 N–H and O–H groups in total. The van der Waals surface area contributed by atoms with Gasteiger partial charge in [0.05, 0.1) is 6.54 Å². The average molecular weight is 462 g/mol. The second kappa shape index (κ2) is 9.15. The number of benzene rings is 2. The van der Waals surface area contributed by atoms with E-state index in [2.05, 4.69) is 15.5 Å². The number of rotatable bonds is 7. The van der Waals surface area contributed by atoms with Gasteiger partial charge in [-0.25, -0.2) is 17.9 Å². The van der Waals surface area contributed by atoms with Gasteiger partial charge in [0.1, 0.15) is 16.7 Å². The average Bonchev–Trinajstić information content (AvgIpc) is 3.34. The molecule has 0 bridgehead atoms. The minimum atomic E-state index is -0.849. The van der Waals surface area contributed by atoms with Crippen LogP contribution < -0.4 is 10.1 Å². The number of halogens is 4. The Hall–Kier alpha value is -3.79. The molecule has 2 heterocycles. The molecule has 0 saturated carbocycles. The minimum Gasteiger partial charge on any atom is -0.468 e. The lowest BCUT2D eigenvalue weighted by atomic mass is 10.2. The Kier molecular flexibility index (Phi) is 6.13. The normalized spacial score (nSPS) is 10.9. The summed E-state index contributed by atoms with van der Waals surface area (Å²) in [6, 6.07) is 10.4. The summed E-state index contributed by atoms with van der Waals surface area (Å²) in [4.78, 5) is 12.5. The molecule has 4 rings (SSSR count). The molecule has 0 atom stereocenters. The molecular formula is C21H15ClF3N5O2. The molecule has 0 unspecified atom stereocenters. The van der Waals surface area contributed by atoms with Crippen LogP contribution in [0.4, 0.5) is 19.0 Å². The molecule has 0 fully saturated rings. The van der Waals surface area contributed by atoms with Crippen LogP contribution in [0.15, 0.2) is 60.9 Å². The highest BCUT2D eigenvalue weighted by atomic mass is 35.5. The third-order valence-corrected chi connectivity index (χ3v) is 4.58. The lowest BCUT2D eigenvalue weighted by Gasteiger charge is -2.07. The van der Waals surface area contributed by atoms with E-state index in [9.17, 15) is 18.0 Å². The van der Waals surface area contributed by atoms with Gasteiger partial charge in [-0.15, -0.1) is 0 Å². The zero-order valence-electron chi connectivity index (χ0n) is 16.3. The highest BCUT2D eigenvalue weighted by Crippen LogP contribution is 2.21. The largest absolute Gasteiger partial charge is 0.468 e. The van der Waals surface area contributed by atoms with Crippen LogP contribution in [0.2, 0.25) is 5.02 Å². The highest BCUT2D eigenvalue weighted by Gasteiger charge is 2.15. The van der Waals surface area contributed by atoms with E-state index in [4.69, 9.17) is 16.3 Å². The Morgan fingerprint density at radius 3 is 2.62 bits per heavy atom. The first-order chi connectivity index (χ1) is 15.4. The maximum atomic E-state index is 13.6. The first-order valence-corrected chi connectivity index (χ1v) is 9.65. The molecule has 4 aromatic rings. The van der Waals surface area contributed by atoms with Crippen LogP contribution in [0.1, 0.15) is 16.1 Å². The second-order valence-corrected chi connectivity index (χ2v) is 7.10. The van der Waals surface area contributed by atoms with Crippen molar-refractivity contribution in [1.29, 1.82) is 0 Å². The molecule has 164 valence electrons. The van der Waals surface area contributed by atoms with Gasteiger partial charge in [-0.3, -0.25) is 9.48 Å². The number of carbonyl (C=O) groups is 1. The third-order valence-electron chi connectivity index (χ3n) is 4.30. The third kappa shape index (κ3) is 5.09. The number of anilines is 1. The lowest BCUT2D eigenvalue weighted by molar-refractivity contribution is 0.101. The Morgan fingerprint density at radius 2 is 1.84 bits per heavy atom. The predicted molar refractivity (Wildman–Crippen MR) is 110 cm³/mol. The summed E-state index contributed by atoms with van der Waals surface area (Å²) in [5.74, 6) is -2.54. The molecule has 11 heteroatoms. The molecule has 2 aromatic carbocycles. The van der Waals surface area contributed by atoms with E-state index >= 15 is 0 Å². The Morgan fingerprint density at radius 1 is 1.03 bits per heavy atom. The molecule has 0 aliphatic heterocycles. The fourth-order valence-corrected chi connectivity index (χ4v) is 3.04. The van der Waals surface area contributed by atoms with E-state index in [0.29, 0.717) is 11.6 Å². The Labute approximate surface area is 185 Å². The van der Waals surface area contributed by atoms with Gasteiger partial charge in [-0.2, -0.15) is 10.2 Å². The molecular weight excluding hydrogens is 447 g/mol. The van der Waals surface area contributed by atoms with Crippen molar-refractivity contribution in [2.45, 2.75) is 13.3 Å². The van der Waals surface area contributed by atoms with Crippen LogP contribution in [0.25, 0.3) is 0 Å². The van der Waals surface area contributed by atoms with Crippen molar-refractivity contribution >= 4 is 23.3 Å². The molecule has 0 radical (unpaired) electrons. The van der Waals surface area contributed by atoms with Crippen molar-refractivity contribution < 1.29 is 22.7 Å². The van der Waals surface area contributed by atoms with Crippen LogP contribution in [-0.4, -0.2) is 25.5 Å². The molecule has 7 nitrogen and oxygen atoms in total. The maximum absolute atomic E-state index is 13.6. The summed E-state index contributed by atoms with van der Waals surface area (Å²) >= 11 is 6.14. The van der Waals surface area contributed by atoms with Gasteiger partial charge in [0.15, 0.2) is 29.8 Å². The summed E-state index contributed by atoms with van der Waals surface area (Å²) in [7, 11) is 0. The van der Waals surface area contributed by atoms with Crippen LogP contribution in [0, 0.1) is 17.5 Å². The van der Waals surface area contributed by atoms with Crippen molar-refractivity contribution in [2.75, 3.05) is 5.32 Å². The zero-order valence-corrected chi connectivity index (χ0v) is 17.1. The predicted octanol–water partition coefficient (Wildman–Crippen LogP) is 4.49. The van der Waals surface area contributed by atoms with E-state index in [0.717, 1.165) is 12.1 Å². The number of carbonyl (C=O) groups excluding carboxylic acids is 1. The summed E-state index contributed by atoms with van der Waals surface area (Å²) in [5.41, 5.74) is 0.724. The minimum absolute atomic E-state index is 0.0453. The van der Waals surface area contributed by atoms with Gasteiger partial charge in [0.25, 0.3) is 5.91 Å². The summed E-state index contributed by atoms with van der Waals surface area (Å²) in [6.07, 6.45) is 2.96. The molecule has 0 aliphatic rings. The van der Waals surface area contributed by atoms with Crippen LogP contribution >= 0.6 is 11.6 Å². The van der Waals surface area contributed by atoms with E-state index in [1.165, 1.54) is 40.0 Å². The van der Waals surface area contributed by atoms with Crippen LogP contribution in [0.5, 0.6) is 5.75 Å². The standard InChI is InChI=1S/C21H15ClF3N5O2/c22-16-11-30(10-13-2-1-3-14(23)8-13)28-20(16)26-21(31)18-6-7-29(27-18)12-32-19-5-4-15(24)9-17(19)25/h1-9,11H,10,12H2,(H,26,28,31). The second-order valence-electron chi connectivity index (χ2n) is 6.70. The van der Waals surface area contributed by atoms with Gasteiger partial charge in [0.2, 0.25) is 0 Å². The molecule has 2 aromatic heterocycles. The molecule has 0 aliphatic carbocycles. The van der Waals surface area contributed by atoms with Crippen molar-refractivity contribution in [1.82, 2.24) is 19.6 Å². The summed E-state index contributed by atoms with van der Waals surface area (Å²) in [5, 5.41) is 11.0. The number of nitrogens with zero attached hydrogens (tertiary/aromatic N) is 4. The van der Waals surface area contributed by atoms with E-state index in [1.54, 1.807) is 12.1 Å². The first kappa shape index (κ1) is 21.4. The Bertz CT molecular complexity index is 1270. The van der Waals surface area contributed by atoms with Gasteiger partial charge >= 0.3 is 0 Å². The van der Waals surface area contributed by atoms with Crippen molar-refractivity contribution in [3.63, 3.8) is 0 Å².